The van der Waals surface area contributed by atoms with Gasteiger partial charge in [-0.1, -0.05) is 43.2 Å². The molecule has 0 saturated heterocycles. The van der Waals surface area contributed by atoms with Crippen LogP contribution < -0.4 is 10.6 Å². The molecule has 1 unspecified atom stereocenters. The summed E-state index contributed by atoms with van der Waals surface area (Å²) in [5.74, 6) is -0.323. The van der Waals surface area contributed by atoms with Crippen molar-refractivity contribution in [2.75, 3.05) is 20.2 Å². The fourth-order valence-corrected chi connectivity index (χ4v) is 4.65. The summed E-state index contributed by atoms with van der Waals surface area (Å²) in [4.78, 5) is 27.7. The van der Waals surface area contributed by atoms with Gasteiger partial charge in [0.2, 0.25) is 0 Å². The summed E-state index contributed by atoms with van der Waals surface area (Å²) in [7, 11) is 1.00. The molecule has 1 fully saturated rings. The highest BCUT2D eigenvalue weighted by atomic mass is 16.2. The Bertz CT molecular complexity index is 908. The van der Waals surface area contributed by atoms with Crippen LogP contribution in [0, 0.1) is 0 Å². The largest absolute Gasteiger partial charge is 0.400 e. The Balaban J connectivity index is 0.00000141. The highest BCUT2D eigenvalue weighted by Crippen LogP contribution is 2.27. The van der Waals surface area contributed by atoms with Crippen LogP contribution in [0.4, 0.5) is 0 Å². The van der Waals surface area contributed by atoms with Gasteiger partial charge in [-0.3, -0.25) is 14.3 Å². The summed E-state index contributed by atoms with van der Waals surface area (Å²) in [6.07, 6.45) is 4.95. The minimum absolute atomic E-state index is 0.0610. The number of rotatable bonds is 7. The number of amides is 2. The third-order valence-corrected chi connectivity index (χ3v) is 6.36. The normalized spacial score (nSPS) is 20.5. The van der Waals surface area contributed by atoms with Gasteiger partial charge in [-0.2, -0.15) is 5.10 Å². The Hall–Kier alpha value is -2.71. The molecule has 0 spiro atoms. The third kappa shape index (κ3) is 5.19. The standard InChI is InChI=1S/C23H31N5O2.CH4O/c1-3-27-22(30)20-13-19(21(29)24-14-17-9-5-4-6-10-17)26-28(20)16-23(27,2)15-25-18-11-7-8-12-18;1-2/h4-6,9-10,13,18,25H,3,7-8,11-12,14-16H2,1-2H3,(H,24,29);2H,1H3. The van der Waals surface area contributed by atoms with Crippen LogP contribution in [0.25, 0.3) is 0 Å². The summed E-state index contributed by atoms with van der Waals surface area (Å²) in [6, 6.07) is 11.9. The predicted molar refractivity (Wildman–Crippen MR) is 123 cm³/mol. The van der Waals surface area contributed by atoms with E-state index in [2.05, 4.69) is 22.7 Å². The lowest BCUT2D eigenvalue weighted by molar-refractivity contribution is 0.0354. The predicted octanol–water partition coefficient (Wildman–Crippen LogP) is 2.19. The first-order chi connectivity index (χ1) is 15.5. The number of carbonyl (C=O) groups excluding carboxylic acids is 2. The fourth-order valence-electron chi connectivity index (χ4n) is 4.65. The molecule has 1 saturated carbocycles. The number of nitrogens with one attached hydrogen (secondary N) is 2. The number of hydrogen-bond acceptors (Lipinski definition) is 5. The molecule has 1 aromatic heterocycles. The number of hydrogen-bond donors (Lipinski definition) is 3. The van der Waals surface area contributed by atoms with Crippen molar-refractivity contribution in [2.45, 2.75) is 64.2 Å². The van der Waals surface area contributed by atoms with E-state index in [1.165, 1.54) is 25.7 Å². The van der Waals surface area contributed by atoms with Crippen molar-refractivity contribution in [3.05, 3.63) is 53.3 Å². The van der Waals surface area contributed by atoms with Gasteiger partial charge < -0.3 is 20.6 Å². The smallest absolute Gasteiger partial charge is 0.272 e. The van der Waals surface area contributed by atoms with E-state index in [-0.39, 0.29) is 17.4 Å². The van der Waals surface area contributed by atoms with Gasteiger partial charge in [0.05, 0.1) is 12.1 Å². The van der Waals surface area contributed by atoms with Crippen LogP contribution in [0.3, 0.4) is 0 Å². The molecule has 1 aliphatic carbocycles. The van der Waals surface area contributed by atoms with Crippen molar-refractivity contribution in [2.24, 2.45) is 0 Å². The Labute approximate surface area is 190 Å². The number of likely N-dealkylation sites (N-methyl/N-ethyl adjacent to an activating group) is 1. The van der Waals surface area contributed by atoms with Crippen LogP contribution >= 0.6 is 0 Å². The first-order valence-corrected chi connectivity index (χ1v) is 11.4. The fraction of sp³-hybridized carbons (Fsp3) is 0.542. The minimum atomic E-state index is -0.370. The van der Waals surface area contributed by atoms with E-state index < -0.39 is 0 Å². The van der Waals surface area contributed by atoms with Crippen LogP contribution in [-0.4, -0.2) is 63.4 Å². The molecule has 3 N–H and O–H groups in total. The number of aliphatic hydroxyl groups is 1. The molecule has 2 amide bonds. The summed E-state index contributed by atoms with van der Waals surface area (Å²) in [5, 5.41) is 18.0. The van der Waals surface area contributed by atoms with E-state index in [1.807, 2.05) is 42.2 Å². The number of benzene rings is 1. The molecule has 2 heterocycles. The van der Waals surface area contributed by atoms with Gasteiger partial charge >= 0.3 is 0 Å². The second kappa shape index (κ2) is 10.7. The number of aromatic nitrogens is 2. The topological polar surface area (TPSA) is 99.5 Å². The van der Waals surface area contributed by atoms with Crippen molar-refractivity contribution in [1.82, 2.24) is 25.3 Å². The maximum atomic E-state index is 13.2. The number of nitrogens with zero attached hydrogens (tertiary/aromatic N) is 3. The van der Waals surface area contributed by atoms with Gasteiger partial charge in [-0.25, -0.2) is 0 Å². The average molecular weight is 442 g/mol. The van der Waals surface area contributed by atoms with Crippen LogP contribution in [0.15, 0.2) is 36.4 Å². The molecule has 1 atom stereocenters. The molecule has 8 nitrogen and oxygen atoms in total. The second-order valence-electron chi connectivity index (χ2n) is 8.65. The van der Waals surface area contributed by atoms with Gasteiger partial charge in [-0.05, 0) is 32.3 Å². The summed E-state index contributed by atoms with van der Waals surface area (Å²) >= 11 is 0. The van der Waals surface area contributed by atoms with Crippen molar-refractivity contribution < 1.29 is 14.7 Å². The minimum Gasteiger partial charge on any atom is -0.400 e. The van der Waals surface area contributed by atoms with Gasteiger partial charge in [0.15, 0.2) is 5.69 Å². The van der Waals surface area contributed by atoms with E-state index in [1.54, 1.807) is 10.7 Å². The van der Waals surface area contributed by atoms with Crippen LogP contribution in [-0.2, 0) is 13.1 Å². The highest BCUT2D eigenvalue weighted by Gasteiger charge is 2.42. The van der Waals surface area contributed by atoms with E-state index in [4.69, 9.17) is 5.11 Å². The third-order valence-electron chi connectivity index (χ3n) is 6.36. The lowest BCUT2D eigenvalue weighted by Crippen LogP contribution is -2.61. The second-order valence-corrected chi connectivity index (χ2v) is 8.65. The van der Waals surface area contributed by atoms with E-state index in [0.29, 0.717) is 37.1 Å². The zero-order valence-corrected chi connectivity index (χ0v) is 19.3. The molecule has 0 radical (unpaired) electrons. The maximum absolute atomic E-state index is 13.2. The molecule has 1 aromatic carbocycles. The summed E-state index contributed by atoms with van der Waals surface area (Å²) in [5.41, 5.74) is 1.43. The van der Waals surface area contributed by atoms with Crippen LogP contribution in [0.5, 0.6) is 0 Å². The van der Waals surface area contributed by atoms with Crippen LogP contribution in [0.2, 0.25) is 0 Å². The zero-order valence-electron chi connectivity index (χ0n) is 19.3. The first-order valence-electron chi connectivity index (χ1n) is 11.4. The lowest BCUT2D eigenvalue weighted by atomic mass is 9.95. The van der Waals surface area contributed by atoms with Crippen molar-refractivity contribution in [3.8, 4) is 0 Å². The van der Waals surface area contributed by atoms with Gasteiger partial charge in [0.25, 0.3) is 11.8 Å². The van der Waals surface area contributed by atoms with E-state index in [0.717, 1.165) is 19.2 Å². The highest BCUT2D eigenvalue weighted by molar-refractivity contribution is 5.98. The monoisotopic (exact) mass is 441 g/mol. The van der Waals surface area contributed by atoms with E-state index >= 15 is 0 Å². The molecular weight excluding hydrogens is 406 g/mol. The molecule has 32 heavy (non-hydrogen) atoms. The number of carbonyl (C=O) groups is 2. The summed E-state index contributed by atoms with van der Waals surface area (Å²) < 4.78 is 1.71. The molecule has 4 rings (SSSR count). The Morgan fingerprint density at radius 3 is 2.56 bits per heavy atom. The van der Waals surface area contributed by atoms with Crippen molar-refractivity contribution in [1.29, 1.82) is 0 Å². The molecule has 2 aromatic rings. The van der Waals surface area contributed by atoms with Crippen molar-refractivity contribution in [3.63, 3.8) is 0 Å². The lowest BCUT2D eigenvalue weighted by Gasteiger charge is -2.44. The Morgan fingerprint density at radius 2 is 1.91 bits per heavy atom. The van der Waals surface area contributed by atoms with Gasteiger partial charge in [0.1, 0.15) is 5.69 Å². The van der Waals surface area contributed by atoms with Gasteiger partial charge in [0, 0.05) is 38.9 Å². The van der Waals surface area contributed by atoms with Gasteiger partial charge in [-0.15, -0.1) is 0 Å². The molecule has 1 aliphatic heterocycles. The van der Waals surface area contributed by atoms with E-state index in [9.17, 15) is 9.59 Å². The SMILES string of the molecule is CCN1C(=O)c2cc(C(=O)NCc3ccccc3)nn2CC1(C)CNC1CCCC1.CO. The molecular formula is C24H35N5O3. The number of fused-ring (bicyclic) bond motifs is 1. The molecule has 8 heteroatoms. The first kappa shape index (κ1) is 23.9. The van der Waals surface area contributed by atoms with Crippen molar-refractivity contribution >= 4 is 11.8 Å². The average Bonchev–Trinajstić information content (AvgIpc) is 3.48. The Morgan fingerprint density at radius 1 is 1.22 bits per heavy atom. The molecule has 174 valence electrons. The Kier molecular flexibility index (Phi) is 8.04. The van der Waals surface area contributed by atoms with Crippen LogP contribution in [0.1, 0.15) is 66.1 Å². The molecule has 2 aliphatic rings. The number of aliphatic hydroxyl groups excluding tert-OH is 1. The quantitative estimate of drug-likeness (QED) is 0.612. The maximum Gasteiger partial charge on any atom is 0.272 e. The summed E-state index contributed by atoms with van der Waals surface area (Å²) in [6.45, 7) is 6.48. The molecule has 0 bridgehead atoms. The zero-order chi connectivity index (χ0) is 23.1.